The van der Waals surface area contributed by atoms with E-state index in [1.54, 1.807) is 6.20 Å². The molecule has 0 bridgehead atoms. The number of carbonyl (C=O) groups excluding carboxylic acids is 1. The minimum absolute atomic E-state index is 0.0669. The number of rotatable bonds is 3. The maximum absolute atomic E-state index is 12.3. The summed E-state index contributed by atoms with van der Waals surface area (Å²) < 4.78 is 0. The van der Waals surface area contributed by atoms with Gasteiger partial charge in [-0.1, -0.05) is 30.3 Å². The summed E-state index contributed by atoms with van der Waals surface area (Å²) in [5, 5.41) is 1.65. The number of H-pyrrole nitrogens is 1. The fourth-order valence-corrected chi connectivity index (χ4v) is 3.47. The van der Waals surface area contributed by atoms with Crippen LogP contribution in [0.15, 0.2) is 65.6 Å². The molecule has 1 N–H and O–H groups in total. The first-order valence-corrected chi connectivity index (χ1v) is 8.16. The number of amides is 1. The van der Waals surface area contributed by atoms with E-state index in [1.165, 1.54) is 0 Å². The van der Waals surface area contributed by atoms with Crippen LogP contribution in [0.25, 0.3) is 10.8 Å². The van der Waals surface area contributed by atoms with Gasteiger partial charge in [0.1, 0.15) is 0 Å². The van der Waals surface area contributed by atoms with Crippen molar-refractivity contribution in [1.82, 2.24) is 4.98 Å². The number of fused-ring (bicyclic) bond motifs is 1. The van der Waals surface area contributed by atoms with E-state index in [1.807, 2.05) is 53.4 Å². The Kier molecular flexibility index (Phi) is 3.65. The van der Waals surface area contributed by atoms with E-state index in [-0.39, 0.29) is 17.4 Å². The van der Waals surface area contributed by atoms with Crippen LogP contribution >= 0.6 is 0 Å². The molecule has 1 aromatic heterocycles. The van der Waals surface area contributed by atoms with E-state index >= 15 is 0 Å². The van der Waals surface area contributed by atoms with Gasteiger partial charge in [0.05, 0.1) is 0 Å². The molecule has 1 amide bonds. The van der Waals surface area contributed by atoms with Crippen LogP contribution in [0.3, 0.4) is 0 Å². The van der Waals surface area contributed by atoms with Gasteiger partial charge in [-0.2, -0.15) is 0 Å². The van der Waals surface area contributed by atoms with Crippen LogP contribution in [0, 0.1) is 5.92 Å². The normalized spacial score (nSPS) is 17.6. The summed E-state index contributed by atoms with van der Waals surface area (Å²) in [7, 11) is 0. The second-order valence-electron chi connectivity index (χ2n) is 6.34. The average molecular weight is 318 g/mol. The van der Waals surface area contributed by atoms with Crippen LogP contribution in [0.2, 0.25) is 0 Å². The van der Waals surface area contributed by atoms with Crippen LogP contribution in [0.1, 0.15) is 12.0 Å². The van der Waals surface area contributed by atoms with E-state index in [9.17, 15) is 9.59 Å². The molecule has 1 unspecified atom stereocenters. The first kappa shape index (κ1) is 14.7. The van der Waals surface area contributed by atoms with Crippen molar-refractivity contribution >= 4 is 22.4 Å². The summed E-state index contributed by atoms with van der Waals surface area (Å²) in [4.78, 5) is 28.8. The molecular formula is C20H18N2O2. The maximum atomic E-state index is 12.3. The van der Waals surface area contributed by atoms with Gasteiger partial charge in [0.25, 0.3) is 5.56 Å². The minimum atomic E-state index is -0.0669. The number of hydrogen-bond acceptors (Lipinski definition) is 2. The van der Waals surface area contributed by atoms with E-state index in [4.69, 9.17) is 0 Å². The highest BCUT2D eigenvalue weighted by atomic mass is 16.2. The molecule has 1 atom stereocenters. The Morgan fingerprint density at radius 3 is 2.71 bits per heavy atom. The van der Waals surface area contributed by atoms with Crippen molar-refractivity contribution in [2.75, 3.05) is 11.4 Å². The van der Waals surface area contributed by atoms with Gasteiger partial charge in [0, 0.05) is 30.2 Å². The van der Waals surface area contributed by atoms with Gasteiger partial charge < -0.3 is 9.88 Å². The second-order valence-corrected chi connectivity index (χ2v) is 6.34. The zero-order chi connectivity index (χ0) is 16.5. The largest absolute Gasteiger partial charge is 0.329 e. The maximum Gasteiger partial charge on any atom is 0.255 e. The van der Waals surface area contributed by atoms with Gasteiger partial charge in [-0.3, -0.25) is 9.59 Å². The fourth-order valence-electron chi connectivity index (χ4n) is 3.47. The Bertz CT molecular complexity index is 947. The van der Waals surface area contributed by atoms with E-state index in [0.29, 0.717) is 11.8 Å². The van der Waals surface area contributed by atoms with Crippen molar-refractivity contribution < 1.29 is 4.79 Å². The number of hydrogen-bond donors (Lipinski definition) is 1. The molecule has 1 aliphatic heterocycles. The third-order valence-corrected chi connectivity index (χ3v) is 4.64. The van der Waals surface area contributed by atoms with Crippen LogP contribution in [-0.4, -0.2) is 17.4 Å². The number of carbonyl (C=O) groups is 1. The second kappa shape index (κ2) is 5.96. The Labute approximate surface area is 139 Å². The molecule has 120 valence electrons. The van der Waals surface area contributed by atoms with Crippen LogP contribution in [0.4, 0.5) is 5.69 Å². The summed E-state index contributed by atoms with van der Waals surface area (Å²) in [6.07, 6.45) is 3.02. The van der Waals surface area contributed by atoms with Gasteiger partial charge in [-0.15, -0.1) is 0 Å². The zero-order valence-electron chi connectivity index (χ0n) is 13.2. The predicted molar refractivity (Wildman–Crippen MR) is 95.2 cm³/mol. The van der Waals surface area contributed by atoms with Crippen molar-refractivity contribution in [3.63, 3.8) is 0 Å². The number of benzene rings is 2. The number of para-hydroxylation sites is 1. The predicted octanol–water partition coefficient (Wildman–Crippen LogP) is 3.12. The minimum Gasteiger partial charge on any atom is -0.329 e. The first-order chi connectivity index (χ1) is 11.7. The highest BCUT2D eigenvalue weighted by Crippen LogP contribution is 2.27. The van der Waals surface area contributed by atoms with Crippen LogP contribution in [-0.2, 0) is 11.2 Å². The molecule has 1 saturated heterocycles. The van der Waals surface area contributed by atoms with Crippen molar-refractivity contribution in [2.45, 2.75) is 12.8 Å². The number of pyridine rings is 1. The van der Waals surface area contributed by atoms with E-state index < -0.39 is 0 Å². The van der Waals surface area contributed by atoms with E-state index in [0.717, 1.165) is 29.6 Å². The van der Waals surface area contributed by atoms with Gasteiger partial charge in [0.2, 0.25) is 5.91 Å². The van der Waals surface area contributed by atoms with Gasteiger partial charge in [-0.25, -0.2) is 0 Å². The SMILES string of the molecule is O=C1CC(Cc2ccc3cc[nH]c(=O)c3c2)CN1c1ccccc1. The standard InChI is InChI=1S/C20H18N2O2/c23-19-12-15(13-22(19)17-4-2-1-3-5-17)10-14-6-7-16-8-9-21-20(24)18(16)11-14/h1-9,11,15H,10,12-13H2,(H,21,24). The quantitative estimate of drug-likeness (QED) is 0.806. The molecule has 2 heterocycles. The Hall–Kier alpha value is -2.88. The molecule has 0 aliphatic carbocycles. The summed E-state index contributed by atoms with van der Waals surface area (Å²) in [6, 6.07) is 17.7. The smallest absolute Gasteiger partial charge is 0.255 e. The molecule has 3 aromatic rings. The number of anilines is 1. The molecule has 0 radical (unpaired) electrons. The van der Waals surface area contributed by atoms with Crippen molar-refractivity contribution in [1.29, 1.82) is 0 Å². The fraction of sp³-hybridized carbons (Fsp3) is 0.200. The Morgan fingerprint density at radius 1 is 1.04 bits per heavy atom. The number of aromatic amines is 1. The lowest BCUT2D eigenvalue weighted by Gasteiger charge is -2.16. The monoisotopic (exact) mass is 318 g/mol. The highest BCUT2D eigenvalue weighted by molar-refractivity contribution is 5.95. The molecule has 1 aliphatic rings. The Balaban J connectivity index is 1.55. The van der Waals surface area contributed by atoms with Crippen molar-refractivity contribution in [2.24, 2.45) is 5.92 Å². The summed E-state index contributed by atoms with van der Waals surface area (Å²) in [6.45, 7) is 0.728. The summed E-state index contributed by atoms with van der Waals surface area (Å²) in [5.74, 6) is 0.447. The third-order valence-electron chi connectivity index (χ3n) is 4.64. The lowest BCUT2D eigenvalue weighted by atomic mass is 9.97. The molecule has 24 heavy (non-hydrogen) atoms. The number of nitrogens with one attached hydrogen (secondary N) is 1. The number of aromatic nitrogens is 1. The summed E-state index contributed by atoms with van der Waals surface area (Å²) in [5.41, 5.74) is 2.00. The topological polar surface area (TPSA) is 53.2 Å². The van der Waals surface area contributed by atoms with Gasteiger partial charge >= 0.3 is 0 Å². The third kappa shape index (κ3) is 2.71. The summed E-state index contributed by atoms with van der Waals surface area (Å²) >= 11 is 0. The van der Waals surface area contributed by atoms with Crippen molar-refractivity contribution in [3.8, 4) is 0 Å². The molecule has 4 heteroatoms. The van der Waals surface area contributed by atoms with Crippen molar-refractivity contribution in [3.05, 3.63) is 76.7 Å². The highest BCUT2D eigenvalue weighted by Gasteiger charge is 2.30. The molecule has 4 nitrogen and oxygen atoms in total. The van der Waals surface area contributed by atoms with E-state index in [2.05, 4.69) is 11.1 Å². The molecule has 0 saturated carbocycles. The average Bonchev–Trinajstić information content (AvgIpc) is 2.97. The van der Waals surface area contributed by atoms with Crippen LogP contribution < -0.4 is 10.5 Å². The zero-order valence-corrected chi connectivity index (χ0v) is 13.2. The lowest BCUT2D eigenvalue weighted by molar-refractivity contribution is -0.117. The van der Waals surface area contributed by atoms with Crippen LogP contribution in [0.5, 0.6) is 0 Å². The molecule has 4 rings (SSSR count). The molecule has 1 fully saturated rings. The first-order valence-electron chi connectivity index (χ1n) is 8.16. The Morgan fingerprint density at radius 2 is 1.88 bits per heavy atom. The molecular weight excluding hydrogens is 300 g/mol. The number of nitrogens with zero attached hydrogens (tertiary/aromatic N) is 1. The molecule has 2 aromatic carbocycles. The molecule has 0 spiro atoms. The van der Waals surface area contributed by atoms with Gasteiger partial charge in [-0.05, 0) is 47.6 Å². The lowest BCUT2D eigenvalue weighted by Crippen LogP contribution is -2.24. The van der Waals surface area contributed by atoms with Gasteiger partial charge in [0.15, 0.2) is 0 Å².